The first kappa shape index (κ1) is 16.0. The number of amides is 2. The molecule has 20 heavy (non-hydrogen) atoms. The van der Waals surface area contributed by atoms with E-state index >= 15 is 0 Å². The zero-order chi connectivity index (χ0) is 15.3. The van der Waals surface area contributed by atoms with Crippen LogP contribution in [0, 0.1) is 19.3 Å². The van der Waals surface area contributed by atoms with E-state index in [0.29, 0.717) is 6.54 Å². The van der Waals surface area contributed by atoms with E-state index in [1.54, 1.807) is 19.9 Å². The molecule has 1 rings (SSSR count). The fourth-order valence-electron chi connectivity index (χ4n) is 1.72. The van der Waals surface area contributed by atoms with Crippen LogP contribution in [-0.4, -0.2) is 18.4 Å². The smallest absolute Gasteiger partial charge is 0.239 e. The van der Waals surface area contributed by atoms with Crippen molar-refractivity contribution in [2.24, 2.45) is 5.41 Å². The van der Waals surface area contributed by atoms with Crippen LogP contribution in [0.15, 0.2) is 30.9 Å². The molecule has 0 aliphatic carbocycles. The molecule has 0 aliphatic rings. The summed E-state index contributed by atoms with van der Waals surface area (Å²) in [5, 5.41) is 5.45. The fourth-order valence-corrected chi connectivity index (χ4v) is 1.72. The molecule has 0 aromatic heterocycles. The van der Waals surface area contributed by atoms with Crippen LogP contribution >= 0.6 is 0 Å². The third-order valence-electron chi connectivity index (χ3n) is 3.17. The van der Waals surface area contributed by atoms with Crippen LogP contribution < -0.4 is 10.6 Å². The van der Waals surface area contributed by atoms with Crippen molar-refractivity contribution in [1.29, 1.82) is 0 Å². The van der Waals surface area contributed by atoms with Gasteiger partial charge in [0.25, 0.3) is 0 Å². The summed E-state index contributed by atoms with van der Waals surface area (Å²) in [7, 11) is 0. The van der Waals surface area contributed by atoms with Crippen LogP contribution in [0.25, 0.3) is 0 Å². The zero-order valence-corrected chi connectivity index (χ0v) is 12.5. The van der Waals surface area contributed by atoms with Crippen molar-refractivity contribution >= 4 is 17.5 Å². The molecule has 0 atom stereocenters. The van der Waals surface area contributed by atoms with Crippen molar-refractivity contribution in [3.8, 4) is 0 Å². The molecule has 0 unspecified atom stereocenters. The van der Waals surface area contributed by atoms with Crippen molar-refractivity contribution in [3.63, 3.8) is 0 Å². The maximum absolute atomic E-state index is 12.3. The van der Waals surface area contributed by atoms with E-state index in [2.05, 4.69) is 17.2 Å². The Morgan fingerprint density at radius 2 is 1.90 bits per heavy atom. The zero-order valence-electron chi connectivity index (χ0n) is 12.5. The Balaban J connectivity index is 2.83. The van der Waals surface area contributed by atoms with Crippen molar-refractivity contribution in [2.45, 2.75) is 27.7 Å². The summed E-state index contributed by atoms with van der Waals surface area (Å²) in [6, 6.07) is 5.76. The van der Waals surface area contributed by atoms with Gasteiger partial charge in [0.2, 0.25) is 11.8 Å². The third-order valence-corrected chi connectivity index (χ3v) is 3.17. The van der Waals surface area contributed by atoms with Crippen LogP contribution in [0.4, 0.5) is 5.69 Å². The summed E-state index contributed by atoms with van der Waals surface area (Å²) in [5.74, 6) is -0.648. The summed E-state index contributed by atoms with van der Waals surface area (Å²) in [6.45, 7) is 11.0. The molecule has 1 aromatic carbocycles. The summed E-state index contributed by atoms with van der Waals surface area (Å²) in [4.78, 5) is 24.3. The minimum atomic E-state index is -1.14. The molecular weight excluding hydrogens is 252 g/mol. The van der Waals surface area contributed by atoms with E-state index in [-0.39, 0.29) is 11.8 Å². The average molecular weight is 274 g/mol. The van der Waals surface area contributed by atoms with E-state index in [9.17, 15) is 9.59 Å². The van der Waals surface area contributed by atoms with Gasteiger partial charge in [-0.1, -0.05) is 23.8 Å². The first-order valence-corrected chi connectivity index (χ1v) is 6.57. The van der Waals surface area contributed by atoms with Gasteiger partial charge in [0.15, 0.2) is 0 Å². The molecule has 0 aliphatic heterocycles. The summed E-state index contributed by atoms with van der Waals surface area (Å²) in [6.07, 6.45) is 1.58. The van der Waals surface area contributed by atoms with Gasteiger partial charge in [-0.25, -0.2) is 0 Å². The molecule has 2 amide bonds. The quantitative estimate of drug-likeness (QED) is 0.640. The van der Waals surface area contributed by atoms with E-state index in [1.165, 1.54) is 0 Å². The Bertz CT molecular complexity index is 533. The van der Waals surface area contributed by atoms with Crippen LogP contribution in [0.5, 0.6) is 0 Å². The minimum Gasteiger partial charge on any atom is -0.352 e. The van der Waals surface area contributed by atoms with E-state index < -0.39 is 5.41 Å². The highest BCUT2D eigenvalue weighted by molar-refractivity contribution is 6.10. The molecule has 4 nitrogen and oxygen atoms in total. The van der Waals surface area contributed by atoms with Crippen molar-refractivity contribution in [2.75, 3.05) is 11.9 Å². The summed E-state index contributed by atoms with van der Waals surface area (Å²) in [5.41, 5.74) is 1.69. The predicted molar refractivity (Wildman–Crippen MR) is 81.5 cm³/mol. The first-order chi connectivity index (χ1) is 9.28. The molecule has 4 heteroatoms. The predicted octanol–water partition coefficient (Wildman–Crippen LogP) is 2.57. The number of rotatable bonds is 5. The second kappa shape index (κ2) is 6.37. The topological polar surface area (TPSA) is 58.2 Å². The van der Waals surface area contributed by atoms with Gasteiger partial charge in [0.1, 0.15) is 5.41 Å². The van der Waals surface area contributed by atoms with Gasteiger partial charge >= 0.3 is 0 Å². The van der Waals surface area contributed by atoms with Crippen LogP contribution in [-0.2, 0) is 9.59 Å². The standard InChI is InChI=1S/C16H22N2O2/c1-6-9-17-14(19)16(4,5)15(20)18-13-8-7-11(2)10-12(13)3/h6-8,10H,1,9H2,2-5H3,(H,17,19)(H,18,20). The van der Waals surface area contributed by atoms with Crippen molar-refractivity contribution in [3.05, 3.63) is 42.0 Å². The molecule has 2 N–H and O–H groups in total. The fraction of sp³-hybridized carbons (Fsp3) is 0.375. The Morgan fingerprint density at radius 3 is 2.45 bits per heavy atom. The molecule has 1 aromatic rings. The Hall–Kier alpha value is -2.10. The second-order valence-electron chi connectivity index (χ2n) is 5.40. The van der Waals surface area contributed by atoms with Crippen LogP contribution in [0.1, 0.15) is 25.0 Å². The van der Waals surface area contributed by atoms with E-state index in [4.69, 9.17) is 0 Å². The van der Waals surface area contributed by atoms with E-state index in [1.807, 2.05) is 32.0 Å². The van der Waals surface area contributed by atoms with Gasteiger partial charge < -0.3 is 10.6 Å². The molecular formula is C16H22N2O2. The van der Waals surface area contributed by atoms with Gasteiger partial charge in [0.05, 0.1) is 0 Å². The number of nitrogens with one attached hydrogen (secondary N) is 2. The normalized spacial score (nSPS) is 10.8. The van der Waals surface area contributed by atoms with Crippen molar-refractivity contribution in [1.82, 2.24) is 5.32 Å². The molecule has 0 spiro atoms. The number of hydrogen-bond acceptors (Lipinski definition) is 2. The Kier molecular flexibility index (Phi) is 5.08. The molecule has 0 saturated heterocycles. The SMILES string of the molecule is C=CCNC(=O)C(C)(C)C(=O)Nc1ccc(C)cc1C. The number of benzene rings is 1. The number of carbonyl (C=O) groups excluding carboxylic acids is 2. The minimum absolute atomic E-state index is 0.320. The Labute approximate surface area is 120 Å². The monoisotopic (exact) mass is 274 g/mol. The third kappa shape index (κ3) is 3.70. The number of hydrogen-bond donors (Lipinski definition) is 2. The lowest BCUT2D eigenvalue weighted by atomic mass is 9.90. The lowest BCUT2D eigenvalue weighted by Gasteiger charge is -2.23. The summed E-state index contributed by atoms with van der Waals surface area (Å²) < 4.78 is 0. The second-order valence-corrected chi connectivity index (χ2v) is 5.40. The average Bonchev–Trinajstić information content (AvgIpc) is 2.38. The molecule has 108 valence electrons. The maximum atomic E-state index is 12.3. The Morgan fingerprint density at radius 1 is 1.25 bits per heavy atom. The number of anilines is 1. The molecule has 0 fully saturated rings. The first-order valence-electron chi connectivity index (χ1n) is 6.57. The highest BCUT2D eigenvalue weighted by atomic mass is 16.2. The van der Waals surface area contributed by atoms with Crippen LogP contribution in [0.2, 0.25) is 0 Å². The molecule has 0 saturated carbocycles. The van der Waals surface area contributed by atoms with Gasteiger partial charge in [-0.05, 0) is 39.3 Å². The summed E-state index contributed by atoms with van der Waals surface area (Å²) >= 11 is 0. The van der Waals surface area contributed by atoms with Crippen LogP contribution in [0.3, 0.4) is 0 Å². The molecule has 0 heterocycles. The van der Waals surface area contributed by atoms with Gasteiger partial charge in [-0.2, -0.15) is 0 Å². The highest BCUT2D eigenvalue weighted by Gasteiger charge is 2.35. The van der Waals surface area contributed by atoms with Crippen molar-refractivity contribution < 1.29 is 9.59 Å². The van der Waals surface area contributed by atoms with Gasteiger partial charge in [-0.15, -0.1) is 6.58 Å². The highest BCUT2D eigenvalue weighted by Crippen LogP contribution is 2.21. The van der Waals surface area contributed by atoms with E-state index in [0.717, 1.165) is 16.8 Å². The maximum Gasteiger partial charge on any atom is 0.239 e. The molecule has 0 bridgehead atoms. The number of carbonyl (C=O) groups is 2. The largest absolute Gasteiger partial charge is 0.352 e. The lowest BCUT2D eigenvalue weighted by Crippen LogP contribution is -2.45. The number of aryl methyl sites for hydroxylation is 2. The van der Waals surface area contributed by atoms with Gasteiger partial charge in [-0.3, -0.25) is 9.59 Å². The van der Waals surface area contributed by atoms with Gasteiger partial charge in [0, 0.05) is 12.2 Å². The lowest BCUT2D eigenvalue weighted by molar-refractivity contribution is -0.138. The molecule has 0 radical (unpaired) electrons.